The van der Waals surface area contributed by atoms with Crippen molar-refractivity contribution in [2.75, 3.05) is 7.11 Å². The maximum atomic E-state index is 13.8. The predicted molar refractivity (Wildman–Crippen MR) is 155 cm³/mol. The number of amides is 2. The van der Waals surface area contributed by atoms with Crippen LogP contribution >= 0.6 is 15.9 Å². The van der Waals surface area contributed by atoms with Gasteiger partial charge in [0, 0.05) is 45.7 Å². The summed E-state index contributed by atoms with van der Waals surface area (Å²) in [7, 11) is 1.63. The molecule has 2 N–H and O–H groups in total. The van der Waals surface area contributed by atoms with E-state index in [2.05, 4.69) is 40.4 Å². The molecule has 0 bridgehead atoms. The molecule has 2 saturated carbocycles. The van der Waals surface area contributed by atoms with Crippen molar-refractivity contribution in [1.82, 2.24) is 10.6 Å². The number of Topliss-reactive ketones (excluding diaryl/α,β-unsaturated/α-hetero) is 1. The molecular weight excluding hydrogens is 572 g/mol. The van der Waals surface area contributed by atoms with Crippen molar-refractivity contribution in [2.45, 2.75) is 78.0 Å². The van der Waals surface area contributed by atoms with Crippen molar-refractivity contribution in [3.05, 3.63) is 57.1 Å². The number of ketones is 1. The van der Waals surface area contributed by atoms with Crippen LogP contribution in [0.2, 0.25) is 0 Å². The van der Waals surface area contributed by atoms with E-state index in [1.165, 1.54) is 6.92 Å². The third-order valence-electron chi connectivity index (χ3n) is 10.6. The Bertz CT molecular complexity index is 1450. The molecule has 7 nitrogen and oxygen atoms in total. The Morgan fingerprint density at radius 2 is 1.90 bits per heavy atom. The molecule has 2 amide bonds. The lowest BCUT2D eigenvalue weighted by atomic mass is 9.43. The predicted octanol–water partition coefficient (Wildman–Crippen LogP) is 5.52. The van der Waals surface area contributed by atoms with E-state index in [1.54, 1.807) is 7.11 Å². The number of hydrogen-bond donors (Lipinski definition) is 2. The number of carbonyl (C=O) groups is 3. The summed E-state index contributed by atoms with van der Waals surface area (Å²) in [5.41, 5.74) is 1.59. The molecule has 2 aliphatic carbocycles. The molecule has 0 saturated heterocycles. The third kappa shape index (κ3) is 3.57. The minimum absolute atomic E-state index is 0.0408. The van der Waals surface area contributed by atoms with Crippen LogP contribution in [0, 0.1) is 22.7 Å². The Labute approximate surface area is 243 Å². The van der Waals surface area contributed by atoms with Gasteiger partial charge in [0.25, 0.3) is 5.91 Å². The van der Waals surface area contributed by atoms with E-state index in [9.17, 15) is 14.4 Å². The highest BCUT2D eigenvalue weighted by atomic mass is 79.9. The fourth-order valence-corrected chi connectivity index (χ4v) is 9.16. The third-order valence-corrected chi connectivity index (χ3v) is 11.3. The quantitative estimate of drug-likeness (QED) is 0.478. The van der Waals surface area contributed by atoms with Crippen LogP contribution in [0.5, 0.6) is 11.5 Å². The monoisotopic (exact) mass is 608 g/mol. The number of rotatable bonds is 3. The normalized spacial score (nSPS) is 33.5. The zero-order valence-electron chi connectivity index (χ0n) is 23.9. The molecule has 212 valence electrons. The number of carbonyl (C=O) groups excluding carboxylic acids is 3. The van der Waals surface area contributed by atoms with E-state index in [0.29, 0.717) is 23.7 Å². The molecule has 2 aromatic carbocycles. The van der Waals surface area contributed by atoms with Gasteiger partial charge in [-0.1, -0.05) is 45.9 Å². The van der Waals surface area contributed by atoms with Gasteiger partial charge in [0.1, 0.15) is 17.1 Å². The van der Waals surface area contributed by atoms with E-state index in [1.807, 2.05) is 44.2 Å². The molecule has 2 fully saturated rings. The molecule has 6 rings (SSSR count). The summed E-state index contributed by atoms with van der Waals surface area (Å²) in [6, 6.07) is 8.67. The minimum atomic E-state index is -0.708. The van der Waals surface area contributed by atoms with E-state index < -0.39 is 23.1 Å². The van der Waals surface area contributed by atoms with Crippen molar-refractivity contribution in [3.8, 4) is 11.5 Å². The van der Waals surface area contributed by atoms with E-state index in [-0.39, 0.29) is 28.9 Å². The van der Waals surface area contributed by atoms with Crippen molar-refractivity contribution in [1.29, 1.82) is 0 Å². The summed E-state index contributed by atoms with van der Waals surface area (Å²) in [6.45, 7) is 10.1. The SMILES string of the molecule is COc1ccccc1C1NC(=O)c2c(Br)cc3c(c21)O[C@@]12C[C@@H](NC(C)=O)C(=O)C(C)(C)[C@@H]1CC[C@H](C)[C@@]2(C)C3. The summed E-state index contributed by atoms with van der Waals surface area (Å²) in [4.78, 5) is 39.5. The van der Waals surface area contributed by atoms with Crippen LogP contribution in [0.15, 0.2) is 34.8 Å². The summed E-state index contributed by atoms with van der Waals surface area (Å²) in [6.07, 6.45) is 3.02. The van der Waals surface area contributed by atoms with E-state index >= 15 is 0 Å². The van der Waals surface area contributed by atoms with Crippen molar-refractivity contribution < 1.29 is 23.9 Å². The number of fused-ring (bicyclic) bond motifs is 3. The lowest BCUT2D eigenvalue weighted by Crippen LogP contribution is -2.73. The number of methoxy groups -OCH3 is 1. The maximum absolute atomic E-state index is 13.8. The standard InChI is InChI=1S/C32H37BrN2O5/c1-16-11-12-23-30(3,4)28(37)21(34-17(2)36)15-32(23)31(16,5)14-18-13-20(33)24-25(27(18)40-32)26(35-29(24)38)19-9-7-8-10-22(19)39-6/h7-10,13,16,21,23,26H,11-12,14-15H2,1-6H3,(H,34,36)(H,35,38)/t16-,21+,23-,26?,31+,32-/m0/s1. The van der Waals surface area contributed by atoms with Crippen molar-refractivity contribution >= 4 is 33.5 Å². The number of para-hydroxylation sites is 1. The fraction of sp³-hybridized carbons (Fsp3) is 0.531. The first-order valence-electron chi connectivity index (χ1n) is 14.1. The smallest absolute Gasteiger partial charge is 0.253 e. The zero-order chi connectivity index (χ0) is 28.8. The Morgan fingerprint density at radius 1 is 1.18 bits per heavy atom. The molecule has 6 atom stereocenters. The maximum Gasteiger partial charge on any atom is 0.253 e. The molecule has 4 aliphatic rings. The zero-order valence-corrected chi connectivity index (χ0v) is 25.5. The molecule has 40 heavy (non-hydrogen) atoms. The van der Waals surface area contributed by atoms with Gasteiger partial charge in [0.15, 0.2) is 5.78 Å². The van der Waals surface area contributed by atoms with Crippen LogP contribution in [0.25, 0.3) is 0 Å². The van der Waals surface area contributed by atoms with Gasteiger partial charge in [0.05, 0.1) is 24.8 Å². The van der Waals surface area contributed by atoms with Gasteiger partial charge in [-0.25, -0.2) is 0 Å². The second kappa shape index (κ2) is 9.07. The summed E-state index contributed by atoms with van der Waals surface area (Å²) in [5, 5.41) is 6.14. The van der Waals surface area contributed by atoms with Crippen LogP contribution in [-0.2, 0) is 16.0 Å². The van der Waals surface area contributed by atoms with Crippen molar-refractivity contribution in [2.24, 2.45) is 22.7 Å². The highest BCUT2D eigenvalue weighted by Gasteiger charge is 2.70. The molecule has 2 aromatic rings. The van der Waals surface area contributed by atoms with Crippen LogP contribution in [-0.4, -0.2) is 36.4 Å². The van der Waals surface area contributed by atoms with Crippen LogP contribution in [0.3, 0.4) is 0 Å². The number of nitrogens with one attached hydrogen (secondary N) is 2. The lowest BCUT2D eigenvalue weighted by Gasteiger charge is -2.66. The first-order chi connectivity index (χ1) is 18.9. The van der Waals surface area contributed by atoms with Gasteiger partial charge >= 0.3 is 0 Å². The highest BCUT2D eigenvalue weighted by molar-refractivity contribution is 9.10. The summed E-state index contributed by atoms with van der Waals surface area (Å²) in [5.74, 6) is 1.37. The minimum Gasteiger partial charge on any atom is -0.496 e. The molecule has 2 heterocycles. The Balaban J connectivity index is 1.59. The van der Waals surface area contributed by atoms with Gasteiger partial charge < -0.3 is 20.1 Å². The van der Waals surface area contributed by atoms with Crippen LogP contribution in [0.1, 0.15) is 87.0 Å². The van der Waals surface area contributed by atoms with Crippen LogP contribution in [0.4, 0.5) is 0 Å². The molecule has 1 unspecified atom stereocenters. The Morgan fingerprint density at radius 3 is 2.60 bits per heavy atom. The molecule has 1 spiro atoms. The van der Waals surface area contributed by atoms with Gasteiger partial charge in [-0.2, -0.15) is 0 Å². The summed E-state index contributed by atoms with van der Waals surface area (Å²) < 4.78 is 13.8. The van der Waals surface area contributed by atoms with Gasteiger partial charge in [-0.15, -0.1) is 0 Å². The number of halogens is 1. The lowest BCUT2D eigenvalue weighted by molar-refractivity contribution is -0.213. The molecule has 2 aliphatic heterocycles. The summed E-state index contributed by atoms with van der Waals surface area (Å²) >= 11 is 3.71. The molecule has 0 aromatic heterocycles. The highest BCUT2D eigenvalue weighted by Crippen LogP contribution is 2.66. The first kappa shape index (κ1) is 27.3. The van der Waals surface area contributed by atoms with Gasteiger partial charge in [0.2, 0.25) is 5.91 Å². The Kier molecular flexibility index (Phi) is 6.19. The molecule has 0 radical (unpaired) electrons. The van der Waals surface area contributed by atoms with Crippen molar-refractivity contribution in [3.63, 3.8) is 0 Å². The first-order valence-corrected chi connectivity index (χ1v) is 14.9. The second-order valence-electron chi connectivity index (χ2n) is 12.9. The topological polar surface area (TPSA) is 93.7 Å². The fourth-order valence-electron chi connectivity index (χ4n) is 8.49. The van der Waals surface area contributed by atoms with Gasteiger partial charge in [-0.3, -0.25) is 14.4 Å². The average molecular weight is 610 g/mol. The second-order valence-corrected chi connectivity index (χ2v) is 13.8. The Hall–Kier alpha value is -2.87. The van der Waals surface area contributed by atoms with E-state index in [0.717, 1.165) is 46.2 Å². The largest absolute Gasteiger partial charge is 0.496 e. The number of hydrogen-bond acceptors (Lipinski definition) is 5. The van der Waals surface area contributed by atoms with Crippen LogP contribution < -0.4 is 20.1 Å². The molecular formula is C32H37BrN2O5. The number of ether oxygens (including phenoxy) is 2. The number of benzene rings is 2. The van der Waals surface area contributed by atoms with Gasteiger partial charge in [-0.05, 0) is 58.8 Å². The molecule has 8 heteroatoms. The van der Waals surface area contributed by atoms with E-state index in [4.69, 9.17) is 9.47 Å². The average Bonchev–Trinajstić information content (AvgIpc) is 3.25.